The molecule has 2 amide bonds. The van der Waals surface area contributed by atoms with Gasteiger partial charge in [-0.2, -0.15) is 0 Å². The quantitative estimate of drug-likeness (QED) is 0.874. The summed E-state index contributed by atoms with van der Waals surface area (Å²) >= 11 is 0. The van der Waals surface area contributed by atoms with Crippen molar-refractivity contribution in [2.45, 2.75) is 57.5 Å². The van der Waals surface area contributed by atoms with Crippen LogP contribution >= 0.6 is 0 Å². The number of hydrogen-bond acceptors (Lipinski definition) is 3. The molecule has 0 bridgehead atoms. The van der Waals surface area contributed by atoms with Crippen LogP contribution in [-0.2, 0) is 23.1 Å². The third kappa shape index (κ3) is 3.67. The fraction of sp³-hybridized carbons (Fsp3) is 0.611. The molecule has 2 heterocycles. The van der Waals surface area contributed by atoms with E-state index in [9.17, 15) is 13.2 Å². The lowest BCUT2D eigenvalue weighted by Gasteiger charge is -2.36. The third-order valence-corrected chi connectivity index (χ3v) is 7.62. The Morgan fingerprint density at radius 3 is 2.08 bits per heavy atom. The van der Waals surface area contributed by atoms with E-state index in [0.717, 1.165) is 0 Å². The molecule has 0 unspecified atom stereocenters. The second-order valence-electron chi connectivity index (χ2n) is 7.86. The molecule has 1 fully saturated rings. The van der Waals surface area contributed by atoms with E-state index in [1.54, 1.807) is 25.1 Å². The van der Waals surface area contributed by atoms with Gasteiger partial charge in [0.1, 0.15) is 0 Å². The lowest BCUT2D eigenvalue weighted by Crippen LogP contribution is -2.52. The fourth-order valence-electron chi connectivity index (χ4n) is 3.37. The molecule has 0 radical (unpaired) electrons. The second-order valence-corrected chi connectivity index (χ2v) is 10.6. The van der Waals surface area contributed by atoms with Crippen LogP contribution in [0.5, 0.6) is 0 Å². The van der Waals surface area contributed by atoms with Crippen LogP contribution < -0.4 is 5.32 Å². The first kappa shape index (κ1) is 18.2. The number of nitrogens with one attached hydrogen (secondary N) is 1. The minimum atomic E-state index is -3.29. The highest BCUT2D eigenvalue weighted by atomic mass is 32.2. The van der Waals surface area contributed by atoms with Crippen LogP contribution in [0.3, 0.4) is 0 Å². The Hall–Kier alpha value is -1.60. The molecule has 1 saturated heterocycles. The standard InChI is InChI=1S/C18H27N3O3S/c1-18(2,3)25(23,24)21-10-8-16(9-11-21)19-17(22)20-12-14-6-4-5-7-15(14)13-20/h4-7,16H,8-13H2,1-3H3,(H,19,22). The SMILES string of the molecule is CC(C)(C)S(=O)(=O)N1CCC(NC(=O)N2Cc3ccccc3C2)CC1. The summed E-state index contributed by atoms with van der Waals surface area (Å²) in [5, 5.41) is 3.07. The molecule has 25 heavy (non-hydrogen) atoms. The molecule has 1 aromatic carbocycles. The lowest BCUT2D eigenvalue weighted by molar-refractivity contribution is 0.187. The van der Waals surface area contributed by atoms with Gasteiger partial charge in [0.25, 0.3) is 0 Å². The van der Waals surface area contributed by atoms with Crippen molar-refractivity contribution in [3.05, 3.63) is 35.4 Å². The number of amides is 2. The van der Waals surface area contributed by atoms with Crippen LogP contribution in [0.2, 0.25) is 0 Å². The van der Waals surface area contributed by atoms with Crippen molar-refractivity contribution in [2.75, 3.05) is 13.1 Å². The van der Waals surface area contributed by atoms with Crippen molar-refractivity contribution in [1.82, 2.24) is 14.5 Å². The van der Waals surface area contributed by atoms with Gasteiger partial charge in [-0.25, -0.2) is 17.5 Å². The zero-order valence-corrected chi connectivity index (χ0v) is 16.0. The van der Waals surface area contributed by atoms with E-state index >= 15 is 0 Å². The van der Waals surface area contributed by atoms with Gasteiger partial charge in [-0.1, -0.05) is 24.3 Å². The van der Waals surface area contributed by atoms with E-state index in [4.69, 9.17) is 0 Å². The van der Waals surface area contributed by atoms with Crippen molar-refractivity contribution in [3.63, 3.8) is 0 Å². The molecule has 1 aromatic rings. The van der Waals surface area contributed by atoms with Crippen LogP contribution in [0.4, 0.5) is 4.79 Å². The van der Waals surface area contributed by atoms with Crippen LogP contribution in [0.25, 0.3) is 0 Å². The predicted molar refractivity (Wildman–Crippen MR) is 97.5 cm³/mol. The minimum Gasteiger partial charge on any atom is -0.335 e. The van der Waals surface area contributed by atoms with Crippen LogP contribution in [0.1, 0.15) is 44.7 Å². The zero-order chi connectivity index (χ0) is 18.2. The van der Waals surface area contributed by atoms with Gasteiger partial charge in [0, 0.05) is 32.2 Å². The molecule has 0 aliphatic carbocycles. The zero-order valence-electron chi connectivity index (χ0n) is 15.2. The summed E-state index contributed by atoms with van der Waals surface area (Å²) in [5.41, 5.74) is 2.40. The lowest BCUT2D eigenvalue weighted by atomic mass is 10.1. The number of urea groups is 1. The van der Waals surface area contributed by atoms with Gasteiger partial charge < -0.3 is 10.2 Å². The Bertz CT molecular complexity index is 722. The number of hydrogen-bond donors (Lipinski definition) is 1. The van der Waals surface area contributed by atoms with E-state index in [2.05, 4.69) is 17.4 Å². The molecule has 0 saturated carbocycles. The Kier molecular flexibility index (Phi) is 4.81. The molecule has 0 atom stereocenters. The van der Waals surface area contributed by atoms with Crippen LogP contribution in [0, 0.1) is 0 Å². The number of rotatable bonds is 2. The van der Waals surface area contributed by atoms with Gasteiger partial charge >= 0.3 is 6.03 Å². The van der Waals surface area contributed by atoms with Gasteiger partial charge in [0.05, 0.1) is 4.75 Å². The highest BCUT2D eigenvalue weighted by molar-refractivity contribution is 7.90. The normalized spacial score (nSPS) is 19.7. The minimum absolute atomic E-state index is 0.0302. The first-order chi connectivity index (χ1) is 11.7. The van der Waals surface area contributed by atoms with Gasteiger partial charge in [-0.3, -0.25) is 0 Å². The average molecular weight is 365 g/mol. The Morgan fingerprint density at radius 2 is 1.60 bits per heavy atom. The largest absolute Gasteiger partial charge is 0.335 e. The molecule has 138 valence electrons. The third-order valence-electron chi connectivity index (χ3n) is 5.02. The first-order valence-electron chi connectivity index (χ1n) is 8.80. The van der Waals surface area contributed by atoms with Gasteiger partial charge in [0.15, 0.2) is 0 Å². The summed E-state index contributed by atoms with van der Waals surface area (Å²) in [6.45, 7) is 7.37. The maximum atomic E-state index is 12.5. The second kappa shape index (κ2) is 6.61. The van der Waals surface area contributed by atoms with Gasteiger partial charge in [0.2, 0.25) is 10.0 Å². The molecule has 2 aliphatic heterocycles. The van der Waals surface area contributed by atoms with Crippen molar-refractivity contribution < 1.29 is 13.2 Å². The number of benzene rings is 1. The summed E-state index contributed by atoms with van der Waals surface area (Å²) in [7, 11) is -3.29. The van der Waals surface area contributed by atoms with E-state index in [1.807, 2.05) is 17.0 Å². The molecular formula is C18H27N3O3S. The van der Waals surface area contributed by atoms with E-state index in [1.165, 1.54) is 11.1 Å². The highest BCUT2D eigenvalue weighted by Gasteiger charge is 2.37. The Balaban J connectivity index is 1.53. The number of nitrogens with zero attached hydrogens (tertiary/aromatic N) is 2. The van der Waals surface area contributed by atoms with E-state index in [0.29, 0.717) is 39.0 Å². The smallest absolute Gasteiger partial charge is 0.318 e. The van der Waals surface area contributed by atoms with E-state index < -0.39 is 14.8 Å². The molecular weight excluding hydrogens is 338 g/mol. The van der Waals surface area contributed by atoms with Crippen molar-refractivity contribution >= 4 is 16.1 Å². The summed E-state index contributed by atoms with van der Waals surface area (Å²) in [4.78, 5) is 14.3. The van der Waals surface area contributed by atoms with Crippen molar-refractivity contribution in [3.8, 4) is 0 Å². The molecule has 7 heteroatoms. The summed E-state index contributed by atoms with van der Waals surface area (Å²) < 4.78 is 25.8. The number of carbonyl (C=O) groups is 1. The molecule has 3 rings (SSSR count). The topological polar surface area (TPSA) is 69.7 Å². The maximum Gasteiger partial charge on any atom is 0.318 e. The van der Waals surface area contributed by atoms with E-state index in [-0.39, 0.29) is 12.1 Å². The van der Waals surface area contributed by atoms with Crippen LogP contribution in [0.15, 0.2) is 24.3 Å². The Labute approximate surface area is 150 Å². The Morgan fingerprint density at radius 1 is 1.08 bits per heavy atom. The summed E-state index contributed by atoms with van der Waals surface area (Å²) in [5.74, 6) is 0. The van der Waals surface area contributed by atoms with Gasteiger partial charge in [-0.15, -0.1) is 0 Å². The maximum absolute atomic E-state index is 12.5. The van der Waals surface area contributed by atoms with Crippen molar-refractivity contribution in [1.29, 1.82) is 0 Å². The number of carbonyl (C=O) groups excluding carboxylic acids is 1. The highest BCUT2D eigenvalue weighted by Crippen LogP contribution is 2.25. The molecule has 0 spiro atoms. The number of fused-ring (bicyclic) bond motifs is 1. The molecule has 0 aromatic heterocycles. The summed E-state index contributed by atoms with van der Waals surface area (Å²) in [6, 6.07) is 8.06. The monoisotopic (exact) mass is 365 g/mol. The van der Waals surface area contributed by atoms with Crippen molar-refractivity contribution in [2.24, 2.45) is 0 Å². The predicted octanol–water partition coefficient (Wildman–Crippen LogP) is 2.30. The summed E-state index contributed by atoms with van der Waals surface area (Å²) in [6.07, 6.45) is 1.31. The fourth-order valence-corrected chi connectivity index (χ4v) is 4.84. The number of sulfonamides is 1. The average Bonchev–Trinajstić information content (AvgIpc) is 2.98. The van der Waals surface area contributed by atoms with Gasteiger partial charge in [-0.05, 0) is 44.7 Å². The number of piperidine rings is 1. The molecule has 1 N–H and O–H groups in total. The van der Waals surface area contributed by atoms with Crippen LogP contribution in [-0.4, -0.2) is 47.5 Å². The molecule has 2 aliphatic rings. The molecule has 6 nitrogen and oxygen atoms in total. The first-order valence-corrected chi connectivity index (χ1v) is 10.2.